The minimum Gasteiger partial charge on any atom is -0.368 e. The zero-order chi connectivity index (χ0) is 25.8. The second kappa shape index (κ2) is 11.4. The second-order valence-electron chi connectivity index (χ2n) is 10.2. The van der Waals surface area contributed by atoms with Crippen LogP contribution < -0.4 is 11.1 Å². The average Bonchev–Trinajstić information content (AvgIpc) is 2.92. The fraction of sp³-hybridized carbons (Fsp3) is 0.414. The van der Waals surface area contributed by atoms with Gasteiger partial charge in [-0.1, -0.05) is 43.2 Å². The third-order valence-corrected chi connectivity index (χ3v) is 7.77. The number of fused-ring (bicyclic) bond motifs is 1. The number of nitrogens with one attached hydrogen (secondary N) is 1. The Hall–Kier alpha value is -3.36. The van der Waals surface area contributed by atoms with E-state index in [1.165, 1.54) is 29.8 Å². The van der Waals surface area contributed by atoms with Crippen LogP contribution in [0.5, 0.6) is 0 Å². The Bertz CT molecular complexity index is 1240. The van der Waals surface area contributed by atoms with Gasteiger partial charge in [0.2, 0.25) is 11.8 Å². The molecular weight excluding hydrogens is 469 g/mol. The lowest BCUT2D eigenvalue weighted by molar-refractivity contribution is -0.133. The van der Waals surface area contributed by atoms with E-state index in [1.807, 2.05) is 24.4 Å². The first kappa shape index (κ1) is 25.3. The molecule has 7 nitrogen and oxygen atoms in total. The summed E-state index contributed by atoms with van der Waals surface area (Å²) in [6.45, 7) is 4.51. The van der Waals surface area contributed by atoms with Crippen molar-refractivity contribution in [1.82, 2.24) is 20.1 Å². The maximum atomic E-state index is 13.4. The first-order valence-electron chi connectivity index (χ1n) is 13.1. The number of hydrogen-bond donors (Lipinski definition) is 2. The molecule has 1 saturated carbocycles. The molecule has 1 aliphatic heterocycles. The number of primary amides is 1. The first-order chi connectivity index (χ1) is 18.0. The zero-order valence-electron chi connectivity index (χ0n) is 21.0. The van der Waals surface area contributed by atoms with Gasteiger partial charge in [0.1, 0.15) is 11.9 Å². The average molecular weight is 504 g/mol. The Balaban J connectivity index is 1.20. The van der Waals surface area contributed by atoms with Crippen molar-refractivity contribution in [2.24, 2.45) is 11.7 Å². The lowest BCUT2D eigenvalue weighted by Crippen LogP contribution is -2.55. The number of pyridine rings is 1. The molecule has 2 aromatic carbocycles. The molecule has 2 amide bonds. The Kier molecular flexibility index (Phi) is 7.76. The molecule has 3 aromatic rings. The summed E-state index contributed by atoms with van der Waals surface area (Å²) in [7, 11) is 0. The highest BCUT2D eigenvalue weighted by Gasteiger charge is 2.37. The van der Waals surface area contributed by atoms with E-state index < -0.39 is 17.8 Å². The van der Waals surface area contributed by atoms with Crippen molar-refractivity contribution >= 4 is 22.7 Å². The highest BCUT2D eigenvalue weighted by atomic mass is 19.1. The van der Waals surface area contributed by atoms with Crippen molar-refractivity contribution in [3.63, 3.8) is 0 Å². The van der Waals surface area contributed by atoms with Gasteiger partial charge >= 0.3 is 0 Å². The quantitative estimate of drug-likeness (QED) is 0.516. The molecule has 2 heterocycles. The minimum absolute atomic E-state index is 0.139. The fourth-order valence-corrected chi connectivity index (χ4v) is 5.79. The van der Waals surface area contributed by atoms with Crippen molar-refractivity contribution in [2.75, 3.05) is 26.2 Å². The molecule has 0 unspecified atom stereocenters. The molecule has 0 radical (unpaired) electrons. The standard InChI is InChI=1S/C29H34FN5O2/c30-23-11-9-21(10-12-23)27(28(31)36)33-29(37)24-6-2-4-8-26(24)35-15-13-34(14-16-35)19-20-17-22-5-1-3-7-25(22)32-18-20/h1,3,5,7,9-12,17-18,24,26-27H,2,4,6,8,13-16,19H2,(H2,31,36)(H,33,37)/t24-,26-,27-/m0/s1. The van der Waals surface area contributed by atoms with Crippen LogP contribution in [0.3, 0.4) is 0 Å². The predicted molar refractivity (Wildman–Crippen MR) is 141 cm³/mol. The molecular formula is C29H34FN5O2. The van der Waals surface area contributed by atoms with Gasteiger partial charge in [-0.3, -0.25) is 24.4 Å². The van der Waals surface area contributed by atoms with Gasteiger partial charge in [0.25, 0.3) is 0 Å². The Morgan fingerprint density at radius 1 is 1.03 bits per heavy atom. The monoisotopic (exact) mass is 503 g/mol. The van der Waals surface area contributed by atoms with Crippen molar-refractivity contribution in [2.45, 2.75) is 44.3 Å². The van der Waals surface area contributed by atoms with Gasteiger partial charge < -0.3 is 11.1 Å². The number of carbonyl (C=O) groups excluding carboxylic acids is 2. The van der Waals surface area contributed by atoms with Crippen molar-refractivity contribution in [3.05, 3.63) is 77.7 Å². The van der Waals surface area contributed by atoms with Crippen LogP contribution in [-0.2, 0) is 16.1 Å². The minimum atomic E-state index is -0.969. The van der Waals surface area contributed by atoms with Gasteiger partial charge in [0, 0.05) is 50.3 Å². The molecule has 1 aliphatic carbocycles. The van der Waals surface area contributed by atoms with Crippen LogP contribution >= 0.6 is 0 Å². The molecule has 2 aliphatic rings. The van der Waals surface area contributed by atoms with E-state index >= 15 is 0 Å². The van der Waals surface area contributed by atoms with Gasteiger partial charge in [-0.05, 0) is 48.2 Å². The molecule has 3 atom stereocenters. The number of amides is 2. The summed E-state index contributed by atoms with van der Waals surface area (Å²) in [5.74, 6) is -1.40. The summed E-state index contributed by atoms with van der Waals surface area (Å²) in [5, 5.41) is 4.02. The Morgan fingerprint density at radius 2 is 1.76 bits per heavy atom. The van der Waals surface area contributed by atoms with E-state index in [9.17, 15) is 14.0 Å². The maximum Gasteiger partial charge on any atom is 0.244 e. The van der Waals surface area contributed by atoms with Crippen molar-refractivity contribution < 1.29 is 14.0 Å². The summed E-state index contributed by atoms with van der Waals surface area (Å²) in [4.78, 5) is 35.0. The molecule has 2 fully saturated rings. The molecule has 1 aromatic heterocycles. The number of piperazine rings is 1. The predicted octanol–water partition coefficient (Wildman–Crippen LogP) is 3.39. The number of carbonyl (C=O) groups is 2. The fourth-order valence-electron chi connectivity index (χ4n) is 5.79. The van der Waals surface area contributed by atoms with Crippen molar-refractivity contribution in [1.29, 1.82) is 0 Å². The van der Waals surface area contributed by atoms with Crippen LogP contribution in [-0.4, -0.2) is 58.8 Å². The topological polar surface area (TPSA) is 91.6 Å². The number of aromatic nitrogens is 1. The van der Waals surface area contributed by atoms with Crippen LogP contribution in [0, 0.1) is 11.7 Å². The number of halogens is 1. The number of rotatable bonds is 7. The largest absolute Gasteiger partial charge is 0.368 e. The van der Waals surface area contributed by atoms with Gasteiger partial charge in [-0.25, -0.2) is 4.39 Å². The number of hydrogen-bond acceptors (Lipinski definition) is 5. The second-order valence-corrected chi connectivity index (χ2v) is 10.2. The lowest BCUT2D eigenvalue weighted by atomic mass is 9.82. The van der Waals surface area contributed by atoms with E-state index in [4.69, 9.17) is 5.73 Å². The molecule has 194 valence electrons. The molecule has 5 rings (SSSR count). The number of para-hydroxylation sites is 1. The first-order valence-corrected chi connectivity index (χ1v) is 13.1. The Morgan fingerprint density at radius 3 is 2.51 bits per heavy atom. The van der Waals surface area contributed by atoms with E-state index in [2.05, 4.69) is 32.2 Å². The summed E-state index contributed by atoms with van der Waals surface area (Å²) < 4.78 is 13.4. The van der Waals surface area contributed by atoms with Crippen LogP contribution in [0.1, 0.15) is 42.9 Å². The number of benzene rings is 2. The van der Waals surface area contributed by atoms with Gasteiger partial charge in [-0.15, -0.1) is 0 Å². The molecule has 0 spiro atoms. The summed E-state index contributed by atoms with van der Waals surface area (Å²) in [6.07, 6.45) is 5.79. The molecule has 1 saturated heterocycles. The number of nitrogens with zero attached hydrogens (tertiary/aromatic N) is 3. The smallest absolute Gasteiger partial charge is 0.244 e. The van der Waals surface area contributed by atoms with E-state index in [0.29, 0.717) is 5.56 Å². The highest BCUT2D eigenvalue weighted by Crippen LogP contribution is 2.30. The number of nitrogens with two attached hydrogens (primary N) is 1. The van der Waals surface area contributed by atoms with E-state index in [-0.39, 0.29) is 17.9 Å². The lowest BCUT2D eigenvalue weighted by Gasteiger charge is -2.44. The van der Waals surface area contributed by atoms with Gasteiger partial charge in [0.05, 0.1) is 11.4 Å². The van der Waals surface area contributed by atoms with Crippen LogP contribution in [0.4, 0.5) is 4.39 Å². The molecule has 37 heavy (non-hydrogen) atoms. The van der Waals surface area contributed by atoms with Gasteiger partial charge in [-0.2, -0.15) is 0 Å². The maximum absolute atomic E-state index is 13.4. The SMILES string of the molecule is NC(=O)[C@@H](NC(=O)[C@H]1CCCC[C@@H]1N1CCN(Cc2cnc3ccccc3c2)CC1)c1ccc(F)cc1. The van der Waals surface area contributed by atoms with Crippen molar-refractivity contribution in [3.8, 4) is 0 Å². The summed E-state index contributed by atoms with van der Waals surface area (Å²) in [5.41, 5.74) is 8.31. The summed E-state index contributed by atoms with van der Waals surface area (Å²) >= 11 is 0. The van der Waals surface area contributed by atoms with E-state index in [1.54, 1.807) is 0 Å². The van der Waals surface area contributed by atoms with Crippen LogP contribution in [0.25, 0.3) is 10.9 Å². The normalized spacial score (nSPS) is 22.0. The summed E-state index contributed by atoms with van der Waals surface area (Å²) in [6, 6.07) is 15.1. The molecule has 0 bridgehead atoms. The zero-order valence-corrected chi connectivity index (χ0v) is 21.0. The van der Waals surface area contributed by atoms with Crippen LogP contribution in [0.15, 0.2) is 60.8 Å². The third kappa shape index (κ3) is 5.97. The molecule has 3 N–H and O–H groups in total. The third-order valence-electron chi connectivity index (χ3n) is 7.77. The van der Waals surface area contributed by atoms with E-state index in [0.717, 1.165) is 69.3 Å². The Labute approximate surface area is 216 Å². The van der Waals surface area contributed by atoms with Crippen LogP contribution in [0.2, 0.25) is 0 Å². The highest BCUT2D eigenvalue weighted by molar-refractivity contribution is 5.88. The molecule has 8 heteroatoms. The van der Waals surface area contributed by atoms with Gasteiger partial charge in [0.15, 0.2) is 0 Å².